The van der Waals surface area contributed by atoms with Crippen LogP contribution in [0.2, 0.25) is 0 Å². The van der Waals surface area contributed by atoms with E-state index in [1.54, 1.807) is 5.48 Å². The van der Waals surface area contributed by atoms with E-state index < -0.39 is 17.9 Å². The second-order valence-electron chi connectivity index (χ2n) is 9.47. The molecule has 3 rings (SSSR count). The summed E-state index contributed by atoms with van der Waals surface area (Å²) in [6.45, 7) is 0.360. The van der Waals surface area contributed by atoms with Gasteiger partial charge >= 0.3 is 0 Å². The van der Waals surface area contributed by atoms with Crippen LogP contribution in [0, 0.1) is 11.8 Å². The highest BCUT2D eigenvalue weighted by atomic mass is 16.5. The summed E-state index contributed by atoms with van der Waals surface area (Å²) in [5.74, 6) is -1.25. The normalized spacial score (nSPS) is 15.6. The van der Waals surface area contributed by atoms with E-state index in [0.29, 0.717) is 25.3 Å². The Balaban J connectivity index is 1.67. The van der Waals surface area contributed by atoms with Crippen molar-refractivity contribution in [2.45, 2.75) is 70.4 Å². The molecule has 0 unspecified atom stereocenters. The van der Waals surface area contributed by atoms with E-state index >= 15 is 0 Å². The second-order valence-corrected chi connectivity index (χ2v) is 9.47. The lowest BCUT2D eigenvalue weighted by atomic mass is 9.83. The number of hydrogen-bond acceptors (Lipinski definition) is 4. The molecule has 1 aliphatic carbocycles. The SMILES string of the molecule is O=C(C[C@@H](CCC1CCCCC1)C(=O)N[C@@H](Cc1ccccc1)C(=O)NCc1ccccc1)NO. The summed E-state index contributed by atoms with van der Waals surface area (Å²) < 4.78 is 0. The third-order valence-electron chi connectivity index (χ3n) is 6.80. The van der Waals surface area contributed by atoms with Gasteiger partial charge in [0.2, 0.25) is 17.7 Å². The van der Waals surface area contributed by atoms with Crippen LogP contribution in [0.1, 0.15) is 62.5 Å². The van der Waals surface area contributed by atoms with Crippen molar-refractivity contribution in [2.75, 3.05) is 0 Å². The molecule has 4 N–H and O–H groups in total. The summed E-state index contributed by atoms with van der Waals surface area (Å²) in [7, 11) is 0. The summed E-state index contributed by atoms with van der Waals surface area (Å²) in [4.78, 5) is 38.3. The van der Waals surface area contributed by atoms with Crippen LogP contribution in [0.25, 0.3) is 0 Å². The molecule has 2 aromatic carbocycles. The Hall–Kier alpha value is -3.19. The van der Waals surface area contributed by atoms with Gasteiger partial charge in [0.25, 0.3) is 0 Å². The number of hydrogen-bond donors (Lipinski definition) is 4. The minimum Gasteiger partial charge on any atom is -0.350 e. The first-order valence-corrected chi connectivity index (χ1v) is 12.6. The molecule has 0 heterocycles. The van der Waals surface area contributed by atoms with Crippen molar-refractivity contribution in [1.82, 2.24) is 16.1 Å². The maximum Gasteiger partial charge on any atom is 0.244 e. The highest BCUT2D eigenvalue weighted by molar-refractivity contribution is 5.90. The standard InChI is InChI=1S/C28H37N3O4/c32-26(31-35)19-24(17-16-21-10-4-1-5-11-21)27(33)30-25(18-22-12-6-2-7-13-22)28(34)29-20-23-14-8-3-9-15-23/h2-3,6-9,12-15,21,24-25,35H,1,4-5,10-11,16-20H2,(H,29,34)(H,30,33)(H,31,32)/t24-,25+/m1/s1. The molecule has 7 nitrogen and oxygen atoms in total. The van der Waals surface area contributed by atoms with Crippen molar-refractivity contribution in [3.05, 3.63) is 71.8 Å². The van der Waals surface area contributed by atoms with Gasteiger partial charge in [0.05, 0.1) is 0 Å². The van der Waals surface area contributed by atoms with Crippen molar-refractivity contribution in [2.24, 2.45) is 11.8 Å². The van der Waals surface area contributed by atoms with Crippen molar-refractivity contribution in [3.63, 3.8) is 0 Å². The van der Waals surface area contributed by atoms with Crippen molar-refractivity contribution in [3.8, 4) is 0 Å². The molecule has 2 aromatic rings. The van der Waals surface area contributed by atoms with Crippen LogP contribution in [0.5, 0.6) is 0 Å². The fraction of sp³-hybridized carbons (Fsp3) is 0.464. The number of carbonyl (C=O) groups is 3. The monoisotopic (exact) mass is 479 g/mol. The Morgan fingerprint density at radius 2 is 1.49 bits per heavy atom. The Bertz CT molecular complexity index is 930. The Morgan fingerprint density at radius 1 is 0.857 bits per heavy atom. The molecule has 0 bridgehead atoms. The molecule has 1 saturated carbocycles. The van der Waals surface area contributed by atoms with Gasteiger partial charge in [0.1, 0.15) is 6.04 Å². The van der Waals surface area contributed by atoms with Gasteiger partial charge in [0, 0.05) is 25.3 Å². The predicted octanol–water partition coefficient (Wildman–Crippen LogP) is 3.90. The van der Waals surface area contributed by atoms with E-state index in [1.807, 2.05) is 60.7 Å². The fourth-order valence-corrected chi connectivity index (χ4v) is 4.76. The van der Waals surface area contributed by atoms with Crippen LogP contribution in [-0.4, -0.2) is 29.0 Å². The predicted molar refractivity (Wildman–Crippen MR) is 134 cm³/mol. The van der Waals surface area contributed by atoms with Crippen molar-refractivity contribution < 1.29 is 19.6 Å². The van der Waals surface area contributed by atoms with E-state index in [2.05, 4.69) is 10.6 Å². The number of amides is 3. The second kappa shape index (κ2) is 14.3. The molecule has 1 aliphatic rings. The van der Waals surface area contributed by atoms with Gasteiger partial charge in [-0.3, -0.25) is 19.6 Å². The zero-order valence-electron chi connectivity index (χ0n) is 20.2. The molecule has 0 spiro atoms. The van der Waals surface area contributed by atoms with Crippen LogP contribution < -0.4 is 16.1 Å². The van der Waals surface area contributed by atoms with E-state index in [1.165, 1.54) is 19.3 Å². The van der Waals surface area contributed by atoms with Gasteiger partial charge in [0.15, 0.2) is 0 Å². The van der Waals surface area contributed by atoms with E-state index in [4.69, 9.17) is 5.21 Å². The molecule has 2 atom stereocenters. The lowest BCUT2D eigenvalue weighted by Gasteiger charge is -2.25. The summed E-state index contributed by atoms with van der Waals surface area (Å²) in [5.41, 5.74) is 3.54. The molecule has 1 fully saturated rings. The molecule has 0 aliphatic heterocycles. The van der Waals surface area contributed by atoms with Crippen LogP contribution in [0.15, 0.2) is 60.7 Å². The third kappa shape index (κ3) is 9.17. The number of carbonyl (C=O) groups excluding carboxylic acids is 3. The number of nitrogens with one attached hydrogen (secondary N) is 3. The molecule has 188 valence electrons. The Kier molecular flexibility index (Phi) is 10.8. The lowest BCUT2D eigenvalue weighted by Crippen LogP contribution is -2.50. The molecule has 0 aromatic heterocycles. The molecular weight excluding hydrogens is 442 g/mol. The van der Waals surface area contributed by atoms with Gasteiger partial charge in [-0.05, 0) is 29.9 Å². The molecular formula is C28H37N3O4. The Labute approximate surface area is 207 Å². The van der Waals surface area contributed by atoms with Gasteiger partial charge in [-0.1, -0.05) is 92.8 Å². The molecule has 35 heavy (non-hydrogen) atoms. The molecule has 7 heteroatoms. The topological polar surface area (TPSA) is 108 Å². The van der Waals surface area contributed by atoms with Gasteiger partial charge < -0.3 is 10.6 Å². The average molecular weight is 480 g/mol. The number of rotatable bonds is 12. The van der Waals surface area contributed by atoms with Crippen molar-refractivity contribution in [1.29, 1.82) is 0 Å². The number of hydroxylamine groups is 1. The summed E-state index contributed by atoms with van der Waals surface area (Å²) in [6.07, 6.45) is 7.62. The first-order valence-electron chi connectivity index (χ1n) is 12.6. The first kappa shape index (κ1) is 26.4. The van der Waals surface area contributed by atoms with Crippen LogP contribution >= 0.6 is 0 Å². The van der Waals surface area contributed by atoms with Crippen LogP contribution in [0.4, 0.5) is 0 Å². The third-order valence-corrected chi connectivity index (χ3v) is 6.80. The van der Waals surface area contributed by atoms with Gasteiger partial charge in [-0.15, -0.1) is 0 Å². The molecule has 0 radical (unpaired) electrons. The summed E-state index contributed by atoms with van der Waals surface area (Å²) >= 11 is 0. The average Bonchev–Trinajstić information content (AvgIpc) is 2.90. The van der Waals surface area contributed by atoms with Crippen molar-refractivity contribution >= 4 is 17.7 Å². The minimum absolute atomic E-state index is 0.112. The lowest BCUT2D eigenvalue weighted by molar-refractivity contribution is -0.136. The van der Waals surface area contributed by atoms with E-state index in [-0.39, 0.29) is 18.2 Å². The summed E-state index contributed by atoms with van der Waals surface area (Å²) in [5, 5.41) is 14.9. The maximum atomic E-state index is 13.3. The van der Waals surface area contributed by atoms with E-state index in [0.717, 1.165) is 30.4 Å². The highest BCUT2D eigenvalue weighted by Gasteiger charge is 2.28. The fourth-order valence-electron chi connectivity index (χ4n) is 4.76. The quantitative estimate of drug-likeness (QED) is 0.273. The number of benzene rings is 2. The Morgan fingerprint density at radius 3 is 2.11 bits per heavy atom. The first-order chi connectivity index (χ1) is 17.0. The minimum atomic E-state index is -0.775. The van der Waals surface area contributed by atoms with Crippen LogP contribution in [-0.2, 0) is 27.3 Å². The smallest absolute Gasteiger partial charge is 0.244 e. The molecule has 0 saturated heterocycles. The maximum absolute atomic E-state index is 13.3. The van der Waals surface area contributed by atoms with Gasteiger partial charge in [-0.25, -0.2) is 5.48 Å². The largest absolute Gasteiger partial charge is 0.350 e. The zero-order chi connectivity index (χ0) is 24.9. The highest BCUT2D eigenvalue weighted by Crippen LogP contribution is 2.29. The van der Waals surface area contributed by atoms with E-state index in [9.17, 15) is 14.4 Å². The molecule has 3 amide bonds. The zero-order valence-corrected chi connectivity index (χ0v) is 20.2. The summed E-state index contributed by atoms with van der Waals surface area (Å²) in [6, 6.07) is 18.4. The van der Waals surface area contributed by atoms with Gasteiger partial charge in [-0.2, -0.15) is 0 Å². The van der Waals surface area contributed by atoms with Crippen LogP contribution in [0.3, 0.4) is 0 Å².